The van der Waals surface area contributed by atoms with Crippen LogP contribution in [0, 0.1) is 0 Å². The Kier molecular flexibility index (Phi) is 4.25. The molecule has 0 aliphatic rings. The molecular formula is C10H5F9O2S. The third-order valence-electron chi connectivity index (χ3n) is 2.51. The zero-order chi connectivity index (χ0) is 17.6. The zero-order valence-corrected chi connectivity index (χ0v) is 10.8. The second kappa shape index (κ2) is 5.03. The summed E-state index contributed by atoms with van der Waals surface area (Å²) >= 11 is 0. The van der Waals surface area contributed by atoms with Crippen LogP contribution in [0.2, 0.25) is 0 Å². The molecule has 0 heterocycles. The largest absolute Gasteiger partial charge is 0.460 e. The molecule has 0 saturated carbocycles. The van der Waals surface area contributed by atoms with Crippen LogP contribution in [0.4, 0.5) is 39.5 Å². The maximum Gasteiger partial charge on any atom is 0.460 e. The number of hydrogen-bond donors (Lipinski definition) is 0. The monoisotopic (exact) mass is 360 g/mol. The third-order valence-corrected chi connectivity index (χ3v) is 4.33. The van der Waals surface area contributed by atoms with Crippen molar-refractivity contribution in [1.82, 2.24) is 0 Å². The normalized spacial score (nSPS) is 15.0. The van der Waals surface area contributed by atoms with Gasteiger partial charge in [0.25, 0.3) is 0 Å². The summed E-state index contributed by atoms with van der Waals surface area (Å²) in [5, 5.41) is -6.69. The van der Waals surface area contributed by atoms with Gasteiger partial charge in [-0.2, -0.15) is 39.5 Å². The lowest BCUT2D eigenvalue weighted by Crippen LogP contribution is -2.63. The Labute approximate surface area is 117 Å². The van der Waals surface area contributed by atoms with Crippen LogP contribution in [0.15, 0.2) is 35.2 Å². The van der Waals surface area contributed by atoms with Gasteiger partial charge in [-0.25, -0.2) is 8.42 Å². The number of benzene rings is 1. The Morgan fingerprint density at radius 2 is 1.09 bits per heavy atom. The summed E-state index contributed by atoms with van der Waals surface area (Å²) in [6.45, 7) is 0. The van der Waals surface area contributed by atoms with E-state index in [2.05, 4.69) is 0 Å². The van der Waals surface area contributed by atoms with Crippen molar-refractivity contribution in [2.45, 2.75) is 28.2 Å². The first-order valence-electron chi connectivity index (χ1n) is 5.10. The Morgan fingerprint density at radius 3 is 1.45 bits per heavy atom. The summed E-state index contributed by atoms with van der Waals surface area (Å²) in [5.74, 6) is -14.5. The minimum absolute atomic E-state index is 0.352. The van der Waals surface area contributed by atoms with Crippen molar-refractivity contribution < 1.29 is 47.9 Å². The third kappa shape index (κ3) is 2.42. The van der Waals surface area contributed by atoms with Crippen molar-refractivity contribution in [1.29, 1.82) is 0 Å². The molecule has 22 heavy (non-hydrogen) atoms. The van der Waals surface area contributed by atoms with E-state index in [9.17, 15) is 47.9 Å². The molecule has 0 aliphatic heterocycles. The maximum atomic E-state index is 13.4. The molecule has 0 aliphatic carbocycles. The lowest BCUT2D eigenvalue weighted by atomic mass is 10.1. The minimum atomic E-state index is -7.26. The number of sulfone groups is 1. The van der Waals surface area contributed by atoms with Crippen LogP contribution >= 0.6 is 0 Å². The summed E-state index contributed by atoms with van der Waals surface area (Å²) in [7, 11) is -6.50. The molecule has 1 aromatic carbocycles. The topological polar surface area (TPSA) is 34.1 Å². The molecule has 0 spiro atoms. The lowest BCUT2D eigenvalue weighted by Gasteiger charge is -2.33. The van der Waals surface area contributed by atoms with E-state index in [1.54, 1.807) is 0 Å². The summed E-state index contributed by atoms with van der Waals surface area (Å²) in [5.41, 5.74) is 0. The predicted molar refractivity (Wildman–Crippen MR) is 54.5 cm³/mol. The molecule has 0 bridgehead atoms. The van der Waals surface area contributed by atoms with Crippen molar-refractivity contribution >= 4 is 9.84 Å². The average molecular weight is 360 g/mol. The van der Waals surface area contributed by atoms with Crippen LogP contribution in [0.3, 0.4) is 0 Å². The molecule has 0 atom stereocenters. The molecule has 0 saturated heterocycles. The van der Waals surface area contributed by atoms with E-state index in [1.165, 1.54) is 0 Å². The highest BCUT2D eigenvalue weighted by molar-refractivity contribution is 7.92. The van der Waals surface area contributed by atoms with E-state index in [4.69, 9.17) is 0 Å². The SMILES string of the molecule is O=S(=O)(c1ccccc1)C(F)(F)C(F)(F)C(F)(F)C(F)(F)F. The second-order valence-electron chi connectivity index (χ2n) is 3.98. The van der Waals surface area contributed by atoms with E-state index in [1.807, 2.05) is 0 Å². The van der Waals surface area contributed by atoms with Gasteiger partial charge in [0.05, 0.1) is 4.90 Å². The van der Waals surface area contributed by atoms with Gasteiger partial charge in [-0.1, -0.05) is 18.2 Å². The maximum absolute atomic E-state index is 13.4. The van der Waals surface area contributed by atoms with Crippen molar-refractivity contribution in [3.05, 3.63) is 30.3 Å². The van der Waals surface area contributed by atoms with Gasteiger partial charge in [0, 0.05) is 0 Å². The number of rotatable bonds is 4. The van der Waals surface area contributed by atoms with Crippen LogP contribution in [0.25, 0.3) is 0 Å². The predicted octanol–water partition coefficient (Wildman–Crippen LogP) is 3.89. The van der Waals surface area contributed by atoms with Crippen molar-refractivity contribution in [2.75, 3.05) is 0 Å². The van der Waals surface area contributed by atoms with E-state index in [0.717, 1.165) is 18.2 Å². The number of halogens is 9. The average Bonchev–Trinajstić information content (AvgIpc) is 2.37. The van der Waals surface area contributed by atoms with Crippen LogP contribution in [0.5, 0.6) is 0 Å². The molecule has 0 fully saturated rings. The van der Waals surface area contributed by atoms with Crippen LogP contribution in [-0.2, 0) is 9.84 Å². The van der Waals surface area contributed by atoms with Gasteiger partial charge < -0.3 is 0 Å². The Balaban J connectivity index is 3.52. The van der Waals surface area contributed by atoms with Gasteiger partial charge in [0.15, 0.2) is 0 Å². The van der Waals surface area contributed by atoms with Crippen LogP contribution in [-0.4, -0.2) is 31.7 Å². The zero-order valence-electron chi connectivity index (χ0n) is 10.0. The fourth-order valence-electron chi connectivity index (χ4n) is 1.28. The lowest BCUT2D eigenvalue weighted by molar-refractivity contribution is -0.382. The van der Waals surface area contributed by atoms with Crippen molar-refractivity contribution in [3.8, 4) is 0 Å². The summed E-state index contributed by atoms with van der Waals surface area (Å²) in [6, 6.07) is 3.38. The molecule has 0 aromatic heterocycles. The van der Waals surface area contributed by atoms with Gasteiger partial charge in [0.1, 0.15) is 0 Å². The first-order valence-corrected chi connectivity index (χ1v) is 6.59. The molecular weight excluding hydrogens is 355 g/mol. The first-order chi connectivity index (χ1) is 9.61. The second-order valence-corrected chi connectivity index (χ2v) is 5.97. The van der Waals surface area contributed by atoms with Crippen LogP contribution < -0.4 is 0 Å². The summed E-state index contributed by atoms with van der Waals surface area (Å²) < 4.78 is 136. The summed E-state index contributed by atoms with van der Waals surface area (Å²) in [4.78, 5) is -1.53. The van der Waals surface area contributed by atoms with Gasteiger partial charge in [-0.3, -0.25) is 0 Å². The molecule has 126 valence electrons. The Bertz CT molecular complexity index is 634. The van der Waals surface area contributed by atoms with Gasteiger partial charge in [0.2, 0.25) is 9.84 Å². The van der Waals surface area contributed by atoms with Crippen LogP contribution in [0.1, 0.15) is 0 Å². The molecule has 0 N–H and O–H groups in total. The quantitative estimate of drug-likeness (QED) is 0.764. The molecule has 12 heteroatoms. The molecule has 0 amide bonds. The van der Waals surface area contributed by atoms with E-state index in [-0.39, 0.29) is 0 Å². The highest BCUT2D eigenvalue weighted by Crippen LogP contribution is 2.55. The van der Waals surface area contributed by atoms with Gasteiger partial charge in [-0.15, -0.1) is 0 Å². The van der Waals surface area contributed by atoms with E-state index >= 15 is 0 Å². The Hall–Kier alpha value is -1.46. The van der Waals surface area contributed by atoms with E-state index in [0.29, 0.717) is 12.1 Å². The highest BCUT2D eigenvalue weighted by Gasteiger charge is 2.85. The van der Waals surface area contributed by atoms with Gasteiger partial charge in [-0.05, 0) is 12.1 Å². The van der Waals surface area contributed by atoms with Gasteiger partial charge >= 0.3 is 23.3 Å². The van der Waals surface area contributed by atoms with E-state index < -0.39 is 38.0 Å². The Morgan fingerprint density at radius 1 is 0.682 bits per heavy atom. The first kappa shape index (κ1) is 18.6. The number of alkyl halides is 9. The van der Waals surface area contributed by atoms with Crippen molar-refractivity contribution in [3.63, 3.8) is 0 Å². The molecule has 2 nitrogen and oxygen atoms in total. The molecule has 0 unspecified atom stereocenters. The number of hydrogen-bond acceptors (Lipinski definition) is 2. The fourth-order valence-corrected chi connectivity index (χ4v) is 2.55. The molecule has 1 rings (SSSR count). The standard InChI is InChI=1S/C10H5F9O2S/c11-7(12,9(15,16)17)8(13,14)10(18,19)22(20,21)6-4-2-1-3-5-6/h1-5H. The molecule has 1 aromatic rings. The van der Waals surface area contributed by atoms with Crippen molar-refractivity contribution in [2.24, 2.45) is 0 Å². The summed E-state index contributed by atoms with van der Waals surface area (Å²) in [6.07, 6.45) is -7.08. The highest BCUT2D eigenvalue weighted by atomic mass is 32.2. The molecule has 0 radical (unpaired) electrons. The fraction of sp³-hybridized carbons (Fsp3) is 0.400. The smallest absolute Gasteiger partial charge is 0.217 e. The minimum Gasteiger partial charge on any atom is -0.217 e.